The maximum absolute atomic E-state index is 12.8. The summed E-state index contributed by atoms with van der Waals surface area (Å²) in [6.07, 6.45) is -3.87. The summed E-state index contributed by atoms with van der Waals surface area (Å²) < 4.78 is 43.6. The Morgan fingerprint density at radius 1 is 1.11 bits per heavy atom. The quantitative estimate of drug-likeness (QED) is 0.575. The predicted octanol–water partition coefficient (Wildman–Crippen LogP) is 5.94. The number of alkyl halides is 3. The van der Waals surface area contributed by atoms with Gasteiger partial charge < -0.3 is 4.74 Å². The van der Waals surface area contributed by atoms with Gasteiger partial charge in [-0.3, -0.25) is 4.79 Å². The average molecular weight is 389 g/mol. The average Bonchev–Trinajstić information content (AvgIpc) is 2.65. The van der Waals surface area contributed by atoms with E-state index in [0.717, 1.165) is 12.1 Å². The minimum Gasteiger partial charge on any atom is -0.466 e. The van der Waals surface area contributed by atoms with Crippen LogP contribution in [0.2, 0.25) is 0 Å². The molecule has 0 amide bonds. The van der Waals surface area contributed by atoms with E-state index < -0.39 is 17.7 Å². The monoisotopic (exact) mass is 389 g/mol. The normalized spacial score (nSPS) is 12.5. The minimum atomic E-state index is -4.41. The van der Waals surface area contributed by atoms with E-state index in [0.29, 0.717) is 28.7 Å². The van der Waals surface area contributed by atoms with Crippen molar-refractivity contribution in [2.75, 3.05) is 6.61 Å². The molecule has 0 aliphatic carbocycles. The van der Waals surface area contributed by atoms with Crippen LogP contribution in [0.15, 0.2) is 42.5 Å². The second-order valence-electron chi connectivity index (χ2n) is 6.96. The van der Waals surface area contributed by atoms with E-state index in [4.69, 9.17) is 4.74 Å². The van der Waals surface area contributed by atoms with Crippen molar-refractivity contribution in [3.05, 3.63) is 59.2 Å². The number of nitriles is 1. The highest BCUT2D eigenvalue weighted by atomic mass is 19.4. The third kappa shape index (κ3) is 5.35. The molecular formula is C22H22F3NO2. The number of carbonyl (C=O) groups excluding carboxylic acids is 1. The maximum atomic E-state index is 12.8. The van der Waals surface area contributed by atoms with Gasteiger partial charge in [-0.15, -0.1) is 0 Å². The highest BCUT2D eigenvalue weighted by molar-refractivity contribution is 5.79. The molecule has 1 unspecified atom stereocenters. The number of carbonyl (C=O) groups is 1. The van der Waals surface area contributed by atoms with E-state index in [-0.39, 0.29) is 18.5 Å². The van der Waals surface area contributed by atoms with Crippen molar-refractivity contribution in [3.63, 3.8) is 0 Å². The van der Waals surface area contributed by atoms with Gasteiger partial charge in [0.15, 0.2) is 0 Å². The molecule has 1 atom stereocenters. The van der Waals surface area contributed by atoms with Gasteiger partial charge in [0, 0.05) is 0 Å². The first-order valence-electron chi connectivity index (χ1n) is 9.05. The molecule has 148 valence electrons. The number of ether oxygens (including phenoxy) is 1. The van der Waals surface area contributed by atoms with E-state index in [1.54, 1.807) is 25.1 Å². The van der Waals surface area contributed by atoms with Crippen molar-refractivity contribution in [2.45, 2.75) is 39.3 Å². The van der Waals surface area contributed by atoms with Crippen LogP contribution < -0.4 is 0 Å². The van der Waals surface area contributed by atoms with E-state index in [2.05, 4.69) is 6.07 Å². The molecule has 0 bridgehead atoms. The number of hydrogen-bond donors (Lipinski definition) is 0. The Morgan fingerprint density at radius 2 is 1.75 bits per heavy atom. The fourth-order valence-electron chi connectivity index (χ4n) is 3.02. The van der Waals surface area contributed by atoms with Crippen molar-refractivity contribution in [2.24, 2.45) is 5.92 Å². The number of esters is 1. The van der Waals surface area contributed by atoms with Crippen LogP contribution in [0.4, 0.5) is 13.2 Å². The first-order chi connectivity index (χ1) is 13.2. The lowest BCUT2D eigenvalue weighted by Crippen LogP contribution is -2.18. The van der Waals surface area contributed by atoms with E-state index in [1.165, 1.54) is 12.1 Å². The van der Waals surface area contributed by atoms with Gasteiger partial charge in [0.1, 0.15) is 0 Å². The Labute approximate surface area is 162 Å². The molecule has 0 aliphatic rings. The summed E-state index contributed by atoms with van der Waals surface area (Å²) in [6.45, 7) is 5.94. The SMILES string of the molecule is CCOC(=O)C(CC(C)C)c1cc(C#N)cc(-c2ccc(C(F)(F)F)cc2)c1. The Hall–Kier alpha value is -2.81. The highest BCUT2D eigenvalue weighted by Crippen LogP contribution is 2.33. The smallest absolute Gasteiger partial charge is 0.416 e. The van der Waals surface area contributed by atoms with E-state index in [9.17, 15) is 23.2 Å². The molecule has 2 aromatic rings. The topological polar surface area (TPSA) is 50.1 Å². The molecule has 0 spiro atoms. The summed E-state index contributed by atoms with van der Waals surface area (Å²) in [4.78, 5) is 12.5. The zero-order chi connectivity index (χ0) is 20.9. The molecular weight excluding hydrogens is 367 g/mol. The van der Waals surface area contributed by atoms with Crippen LogP contribution in [0.25, 0.3) is 11.1 Å². The van der Waals surface area contributed by atoms with Crippen LogP contribution in [-0.2, 0) is 15.7 Å². The molecule has 0 radical (unpaired) electrons. The minimum absolute atomic E-state index is 0.217. The number of halogens is 3. The lowest BCUT2D eigenvalue weighted by molar-refractivity contribution is -0.145. The van der Waals surface area contributed by atoms with Crippen LogP contribution in [0, 0.1) is 17.2 Å². The van der Waals surface area contributed by atoms with Gasteiger partial charge in [0.25, 0.3) is 0 Å². The lowest BCUT2D eigenvalue weighted by Gasteiger charge is -2.19. The third-order valence-corrected chi connectivity index (χ3v) is 4.31. The molecule has 0 N–H and O–H groups in total. The molecule has 3 nitrogen and oxygen atoms in total. The van der Waals surface area contributed by atoms with E-state index >= 15 is 0 Å². The molecule has 0 saturated carbocycles. The highest BCUT2D eigenvalue weighted by Gasteiger charge is 2.30. The van der Waals surface area contributed by atoms with Crippen molar-refractivity contribution >= 4 is 5.97 Å². The van der Waals surface area contributed by atoms with E-state index in [1.807, 2.05) is 13.8 Å². The fourth-order valence-corrected chi connectivity index (χ4v) is 3.02. The first kappa shape index (κ1) is 21.5. The number of hydrogen-bond acceptors (Lipinski definition) is 3. The van der Waals surface area contributed by atoms with Gasteiger partial charge in [-0.25, -0.2) is 0 Å². The van der Waals surface area contributed by atoms with Crippen LogP contribution in [-0.4, -0.2) is 12.6 Å². The summed E-state index contributed by atoms with van der Waals surface area (Å²) >= 11 is 0. The Kier molecular flexibility index (Phi) is 6.85. The van der Waals surface area contributed by atoms with Gasteiger partial charge in [-0.05, 0) is 60.2 Å². The third-order valence-electron chi connectivity index (χ3n) is 4.31. The largest absolute Gasteiger partial charge is 0.466 e. The maximum Gasteiger partial charge on any atom is 0.416 e. The second-order valence-corrected chi connectivity index (χ2v) is 6.96. The van der Waals surface area contributed by atoms with Gasteiger partial charge in [0.05, 0.1) is 29.7 Å². The van der Waals surface area contributed by atoms with Crippen LogP contribution in [0.3, 0.4) is 0 Å². The van der Waals surface area contributed by atoms with Crippen molar-refractivity contribution < 1.29 is 22.7 Å². The van der Waals surface area contributed by atoms with Gasteiger partial charge in [-0.2, -0.15) is 18.4 Å². The van der Waals surface area contributed by atoms with Crippen molar-refractivity contribution in [1.29, 1.82) is 5.26 Å². The summed E-state index contributed by atoms with van der Waals surface area (Å²) in [6, 6.07) is 11.8. The second kappa shape index (κ2) is 8.92. The molecule has 0 fully saturated rings. The summed E-state index contributed by atoms with van der Waals surface area (Å²) in [5.41, 5.74) is 1.35. The Balaban J connectivity index is 2.50. The molecule has 0 aromatic heterocycles. The molecule has 2 aromatic carbocycles. The van der Waals surface area contributed by atoms with Crippen LogP contribution in [0.5, 0.6) is 0 Å². The van der Waals surface area contributed by atoms with Crippen molar-refractivity contribution in [1.82, 2.24) is 0 Å². The van der Waals surface area contributed by atoms with Crippen LogP contribution >= 0.6 is 0 Å². The fraction of sp³-hybridized carbons (Fsp3) is 0.364. The molecule has 0 saturated heterocycles. The molecule has 6 heteroatoms. The standard InChI is InChI=1S/C22H22F3NO2/c1-4-28-21(27)20(9-14(2)3)18-11-15(13-26)10-17(12-18)16-5-7-19(8-6-16)22(23,24)25/h5-8,10-12,14,20H,4,9H2,1-3H3. The van der Waals surface area contributed by atoms with Crippen LogP contribution in [0.1, 0.15) is 49.8 Å². The summed E-state index contributed by atoms with van der Waals surface area (Å²) in [5, 5.41) is 9.37. The Morgan fingerprint density at radius 3 is 2.25 bits per heavy atom. The predicted molar refractivity (Wildman–Crippen MR) is 100 cm³/mol. The first-order valence-corrected chi connectivity index (χ1v) is 9.05. The summed E-state index contributed by atoms with van der Waals surface area (Å²) in [5.74, 6) is -0.694. The number of benzene rings is 2. The molecule has 28 heavy (non-hydrogen) atoms. The van der Waals surface area contributed by atoms with Gasteiger partial charge in [0.2, 0.25) is 0 Å². The van der Waals surface area contributed by atoms with Crippen molar-refractivity contribution in [3.8, 4) is 17.2 Å². The molecule has 0 heterocycles. The number of nitrogens with zero attached hydrogens (tertiary/aromatic N) is 1. The zero-order valence-electron chi connectivity index (χ0n) is 16.0. The summed E-state index contributed by atoms with van der Waals surface area (Å²) in [7, 11) is 0. The molecule has 0 aliphatic heterocycles. The molecule has 2 rings (SSSR count). The van der Waals surface area contributed by atoms with Gasteiger partial charge >= 0.3 is 12.1 Å². The lowest BCUT2D eigenvalue weighted by atomic mass is 9.87. The Bertz CT molecular complexity index is 865. The van der Waals surface area contributed by atoms with Gasteiger partial charge in [-0.1, -0.05) is 32.0 Å². The number of rotatable bonds is 6. The zero-order valence-corrected chi connectivity index (χ0v) is 16.0.